The van der Waals surface area contributed by atoms with Crippen LogP contribution in [0.15, 0.2) is 132 Å². The molecule has 0 aliphatic carbocycles. The molecular weight excluding hydrogens is 523 g/mol. The van der Waals surface area contributed by atoms with Crippen LogP contribution in [0.4, 0.5) is 0 Å². The molecule has 0 aromatic heterocycles. The summed E-state index contributed by atoms with van der Waals surface area (Å²) in [7, 11) is 0. The number of rotatable bonds is 4. The monoisotopic (exact) mass is 546 g/mol. The van der Waals surface area contributed by atoms with Crippen LogP contribution in [-0.4, -0.2) is 8.51 Å². The number of carbonyl (C=O) groups excluding carboxylic acids is 2. The fourth-order valence-electron chi connectivity index (χ4n) is 4.81. The molecular formula is C32H24O2Pd. The van der Waals surface area contributed by atoms with Gasteiger partial charge >= 0.3 is 209 Å². The van der Waals surface area contributed by atoms with Crippen molar-refractivity contribution in [2.75, 3.05) is 0 Å². The van der Waals surface area contributed by atoms with Crippen LogP contribution in [0.2, 0.25) is 0 Å². The van der Waals surface area contributed by atoms with Crippen molar-refractivity contribution in [2.24, 2.45) is 0 Å². The van der Waals surface area contributed by atoms with Gasteiger partial charge in [0.15, 0.2) is 0 Å². The van der Waals surface area contributed by atoms with Gasteiger partial charge in [0.25, 0.3) is 0 Å². The molecule has 0 bridgehead atoms. The van der Waals surface area contributed by atoms with Gasteiger partial charge in [0, 0.05) is 0 Å². The second kappa shape index (κ2) is 8.86. The van der Waals surface area contributed by atoms with Crippen LogP contribution >= 0.6 is 0 Å². The van der Waals surface area contributed by atoms with Gasteiger partial charge < -0.3 is 0 Å². The van der Waals surface area contributed by atoms with E-state index in [1.54, 1.807) is 0 Å². The topological polar surface area (TPSA) is 34.1 Å². The molecule has 4 aromatic carbocycles. The molecule has 4 aromatic rings. The molecule has 174 valence electrons. The third-order valence-electron chi connectivity index (χ3n) is 6.36. The number of carbonyl (C=O) groups is 2. The molecule has 0 radical (unpaired) electrons. The molecule has 2 unspecified atom stereocenters. The van der Waals surface area contributed by atoms with Crippen molar-refractivity contribution in [3.05, 3.63) is 155 Å². The maximum absolute atomic E-state index is 14.1. The van der Waals surface area contributed by atoms with Gasteiger partial charge in [0.2, 0.25) is 0 Å². The molecule has 0 amide bonds. The Labute approximate surface area is 208 Å². The fraction of sp³-hybridized carbons (Fsp3) is 0.0625. The third-order valence-corrected chi connectivity index (χ3v) is 14.4. The fourth-order valence-corrected chi connectivity index (χ4v) is 13.2. The van der Waals surface area contributed by atoms with Gasteiger partial charge in [-0.05, 0) is 0 Å². The summed E-state index contributed by atoms with van der Waals surface area (Å²) in [5, 5.41) is 0. The molecule has 2 fully saturated rings. The Bertz CT molecular complexity index is 1340. The Balaban J connectivity index is 1.53. The minimum atomic E-state index is -3.24. The van der Waals surface area contributed by atoms with Gasteiger partial charge in [-0.1, -0.05) is 0 Å². The summed E-state index contributed by atoms with van der Waals surface area (Å²) in [6.07, 6.45) is 3.99. The maximum atomic E-state index is 14.1. The molecule has 2 aliphatic rings. The van der Waals surface area contributed by atoms with Crippen LogP contribution in [-0.2, 0) is 25.1 Å². The van der Waals surface area contributed by atoms with E-state index in [0.29, 0.717) is 0 Å². The van der Waals surface area contributed by atoms with E-state index >= 15 is 0 Å². The van der Waals surface area contributed by atoms with Gasteiger partial charge in [-0.25, -0.2) is 0 Å². The summed E-state index contributed by atoms with van der Waals surface area (Å²) in [6.45, 7) is 0. The van der Waals surface area contributed by atoms with E-state index in [1.165, 1.54) is 0 Å². The summed E-state index contributed by atoms with van der Waals surface area (Å²) >= 11 is -3.24. The van der Waals surface area contributed by atoms with E-state index in [-0.39, 0.29) is 17.3 Å². The second-order valence-corrected chi connectivity index (χ2v) is 14.4. The molecule has 3 heteroatoms. The first-order valence-electron chi connectivity index (χ1n) is 11.5. The van der Waals surface area contributed by atoms with Gasteiger partial charge in [-0.3, -0.25) is 0 Å². The molecule has 1 spiro atoms. The molecule has 6 rings (SSSR count). The minimum absolute atomic E-state index is 0.0938. The first-order valence-corrected chi connectivity index (χ1v) is 14.9. The van der Waals surface area contributed by atoms with Crippen LogP contribution in [0, 0.1) is 0 Å². The van der Waals surface area contributed by atoms with E-state index in [2.05, 4.69) is 24.3 Å². The number of allylic oxidation sites excluding steroid dienone is 2. The molecule has 35 heavy (non-hydrogen) atoms. The van der Waals surface area contributed by atoms with E-state index in [0.717, 1.165) is 33.4 Å². The average Bonchev–Trinajstić information content (AvgIpc) is 2.92. The molecule has 2 aliphatic heterocycles. The van der Waals surface area contributed by atoms with Gasteiger partial charge in [0.1, 0.15) is 0 Å². The quantitative estimate of drug-likeness (QED) is 0.207. The Hall–Kier alpha value is -3.64. The summed E-state index contributed by atoms with van der Waals surface area (Å²) < 4.78 is -0.0920. The average molecular weight is 547 g/mol. The summed E-state index contributed by atoms with van der Waals surface area (Å²) in [5.41, 5.74) is 5.66. The number of benzene rings is 4. The molecule has 2 atom stereocenters. The van der Waals surface area contributed by atoms with Crippen molar-refractivity contribution in [3.63, 3.8) is 0 Å². The van der Waals surface area contributed by atoms with Gasteiger partial charge in [-0.15, -0.1) is 0 Å². The second-order valence-electron chi connectivity index (χ2n) is 8.54. The van der Waals surface area contributed by atoms with Crippen molar-refractivity contribution < 1.29 is 25.1 Å². The van der Waals surface area contributed by atoms with Gasteiger partial charge in [0.05, 0.1) is 0 Å². The third kappa shape index (κ3) is 3.43. The Morgan fingerprint density at radius 1 is 0.457 bits per heavy atom. The molecule has 0 saturated carbocycles. The van der Waals surface area contributed by atoms with Crippen molar-refractivity contribution in [2.45, 2.75) is 8.78 Å². The first kappa shape index (κ1) is 21.9. The van der Waals surface area contributed by atoms with E-state index in [1.807, 2.05) is 109 Å². The molecule has 2 saturated heterocycles. The van der Waals surface area contributed by atoms with Crippen LogP contribution in [0.1, 0.15) is 31.0 Å². The normalized spacial score (nSPS) is 27.3. The predicted molar refractivity (Wildman–Crippen MR) is 137 cm³/mol. The van der Waals surface area contributed by atoms with Crippen molar-refractivity contribution in [1.82, 2.24) is 0 Å². The Morgan fingerprint density at radius 2 is 0.771 bits per heavy atom. The summed E-state index contributed by atoms with van der Waals surface area (Å²) in [6, 6.07) is 40.1. The van der Waals surface area contributed by atoms with E-state index < -0.39 is 15.5 Å². The van der Waals surface area contributed by atoms with E-state index in [4.69, 9.17) is 0 Å². The zero-order chi connectivity index (χ0) is 23.8. The SMILES string of the molecule is O=[C]1C(=Cc2ccccc2)[CH](c2ccccc2)[Pd]12[C](=O)C(=Cc1ccccc1)[CH]2c1ccccc1. The first-order chi connectivity index (χ1) is 17.2. The van der Waals surface area contributed by atoms with Crippen molar-refractivity contribution in [1.29, 1.82) is 0 Å². The van der Waals surface area contributed by atoms with E-state index in [9.17, 15) is 9.59 Å². The molecule has 0 N–H and O–H groups in total. The van der Waals surface area contributed by atoms with Crippen LogP contribution in [0.3, 0.4) is 0 Å². The van der Waals surface area contributed by atoms with Crippen molar-refractivity contribution >= 4 is 20.7 Å². The number of hydrogen-bond acceptors (Lipinski definition) is 2. The molecule has 2 nitrogen and oxygen atoms in total. The molecule has 2 heterocycles. The zero-order valence-corrected chi connectivity index (χ0v) is 20.5. The Kier molecular flexibility index (Phi) is 5.53. The summed E-state index contributed by atoms with van der Waals surface area (Å²) in [4.78, 5) is 28.2. The standard InChI is InChI=1S/2C16H12O.Pd/c2*17-13-16(11-14-7-3-1-4-8-14)12-15-9-5-2-6-10-15;/h2*1-12H;. The van der Waals surface area contributed by atoms with Crippen molar-refractivity contribution in [3.8, 4) is 0 Å². The number of hydrogen-bond donors (Lipinski definition) is 0. The Morgan fingerprint density at radius 3 is 1.11 bits per heavy atom. The van der Waals surface area contributed by atoms with Crippen LogP contribution < -0.4 is 0 Å². The van der Waals surface area contributed by atoms with Crippen LogP contribution in [0.25, 0.3) is 12.2 Å². The van der Waals surface area contributed by atoms with Crippen LogP contribution in [0.5, 0.6) is 0 Å². The zero-order valence-electron chi connectivity index (χ0n) is 19.0. The summed E-state index contributed by atoms with van der Waals surface area (Å²) in [5.74, 6) is 0. The predicted octanol–water partition coefficient (Wildman–Crippen LogP) is 6.87. The van der Waals surface area contributed by atoms with Gasteiger partial charge in [-0.2, -0.15) is 0 Å².